The van der Waals surface area contributed by atoms with Crippen LogP contribution in [0.4, 0.5) is 0 Å². The van der Waals surface area contributed by atoms with Crippen LogP contribution < -0.4 is 0 Å². The highest BCUT2D eigenvalue weighted by atomic mass is 32.2. The Morgan fingerprint density at radius 3 is 1.50 bits per heavy atom. The van der Waals surface area contributed by atoms with Crippen molar-refractivity contribution in [3.63, 3.8) is 0 Å². The van der Waals surface area contributed by atoms with E-state index in [1.807, 2.05) is 6.07 Å². The van der Waals surface area contributed by atoms with Gasteiger partial charge in [0.15, 0.2) is 0 Å². The minimum absolute atomic E-state index is 0.219. The molecule has 5 aromatic rings. The van der Waals surface area contributed by atoms with Gasteiger partial charge in [-0.25, -0.2) is 0 Å². The van der Waals surface area contributed by atoms with Crippen LogP contribution in [0.15, 0.2) is 155 Å². The smallest absolute Gasteiger partial charge is 0.0340 e. The van der Waals surface area contributed by atoms with Crippen molar-refractivity contribution in [2.45, 2.75) is 22.1 Å². The van der Waals surface area contributed by atoms with Crippen molar-refractivity contribution in [2.24, 2.45) is 0 Å². The molecule has 0 bridgehead atoms. The average Bonchev–Trinajstić information content (AvgIpc) is 2.95. The van der Waals surface area contributed by atoms with E-state index in [2.05, 4.69) is 151 Å². The molecule has 5 aromatic carbocycles. The summed E-state index contributed by atoms with van der Waals surface area (Å²) in [5.41, 5.74) is 6.46. The molecule has 0 heterocycles. The van der Waals surface area contributed by atoms with Crippen LogP contribution in [-0.4, -0.2) is 5.87 Å². The quantitative estimate of drug-likeness (QED) is 0.153. The molecule has 0 amide bonds. The molecule has 1 unspecified atom stereocenters. The second-order valence-electron chi connectivity index (χ2n) is 8.88. The van der Waals surface area contributed by atoms with Gasteiger partial charge in [-0.05, 0) is 58.5 Å². The summed E-state index contributed by atoms with van der Waals surface area (Å²) in [6.45, 7) is 0. The van der Waals surface area contributed by atoms with Gasteiger partial charge >= 0.3 is 0 Å². The van der Waals surface area contributed by atoms with Crippen LogP contribution in [0, 0.1) is 0 Å². The van der Waals surface area contributed by atoms with Gasteiger partial charge in [0.25, 0.3) is 0 Å². The molecule has 1 heteroatoms. The van der Waals surface area contributed by atoms with Gasteiger partial charge < -0.3 is 0 Å². The Labute approximate surface area is 217 Å². The fourth-order valence-electron chi connectivity index (χ4n) is 4.51. The molecular weight excluding hydrogens is 452 g/mol. The largest absolute Gasteiger partial charge is 0.131 e. The zero-order chi connectivity index (χ0) is 24.6. The number of hydrogen-bond acceptors (Lipinski definition) is 0. The molecule has 0 fully saturated rings. The third-order valence-electron chi connectivity index (χ3n) is 6.44. The van der Waals surface area contributed by atoms with E-state index in [4.69, 9.17) is 0 Å². The van der Waals surface area contributed by atoms with Crippen molar-refractivity contribution in [3.05, 3.63) is 173 Å². The number of rotatable bonds is 8. The Bertz CT molecular complexity index is 1380. The van der Waals surface area contributed by atoms with E-state index >= 15 is 0 Å². The van der Waals surface area contributed by atoms with E-state index in [0.29, 0.717) is 0 Å². The maximum atomic E-state index is 4.51. The molecule has 36 heavy (non-hydrogen) atoms. The Kier molecular flexibility index (Phi) is 7.70. The summed E-state index contributed by atoms with van der Waals surface area (Å²) in [5, 5.41) is 0. The summed E-state index contributed by atoms with van der Waals surface area (Å²) in [6, 6.07) is 49.9. The van der Waals surface area contributed by atoms with Gasteiger partial charge in [0.1, 0.15) is 0 Å². The predicted molar refractivity (Wildman–Crippen MR) is 157 cm³/mol. The summed E-state index contributed by atoms with van der Waals surface area (Å²) < 4.78 is 0. The van der Waals surface area contributed by atoms with E-state index in [1.54, 1.807) is 0 Å². The number of hydrogen-bond donors (Lipinski definition) is 0. The maximum absolute atomic E-state index is 4.51. The lowest BCUT2D eigenvalue weighted by Gasteiger charge is -2.19. The third-order valence-corrected chi connectivity index (χ3v) is 8.12. The summed E-state index contributed by atoms with van der Waals surface area (Å²) in [6.07, 6.45) is 5.33. The summed E-state index contributed by atoms with van der Waals surface area (Å²) in [5.74, 6) is 4.73. The molecule has 176 valence electrons. The van der Waals surface area contributed by atoms with Crippen LogP contribution in [0.3, 0.4) is 0 Å². The molecule has 0 saturated carbocycles. The van der Waals surface area contributed by atoms with E-state index < -0.39 is 0 Å². The first-order valence-electron chi connectivity index (χ1n) is 12.3. The normalized spacial score (nSPS) is 12.1. The monoisotopic (exact) mass is 482 g/mol. The van der Waals surface area contributed by atoms with Gasteiger partial charge in [0.2, 0.25) is 0 Å². The molecule has 1 atom stereocenters. The van der Waals surface area contributed by atoms with Gasteiger partial charge in [-0.3, -0.25) is 0 Å². The van der Waals surface area contributed by atoms with E-state index in [0.717, 1.165) is 6.42 Å². The topological polar surface area (TPSA) is 0 Å². The maximum Gasteiger partial charge on any atom is 0.0340 e. The number of benzene rings is 5. The van der Waals surface area contributed by atoms with Crippen molar-refractivity contribution in [3.8, 4) is 0 Å². The van der Waals surface area contributed by atoms with Gasteiger partial charge in [0.05, 0.1) is 0 Å². The average molecular weight is 483 g/mol. The summed E-state index contributed by atoms with van der Waals surface area (Å²) >= 11 is 0. The van der Waals surface area contributed by atoms with Crippen LogP contribution in [-0.2, 0) is 6.42 Å². The van der Waals surface area contributed by atoms with Crippen molar-refractivity contribution < 1.29 is 0 Å². The number of allylic oxidation sites excluding steroid dienone is 1. The first kappa shape index (κ1) is 23.8. The van der Waals surface area contributed by atoms with Gasteiger partial charge in [-0.15, -0.1) is 10.5 Å². The standard InChI is InChI=1S/C35H30S/c1-36(33-24-20-29(21-25-33)15-11-14-28-12-5-2-6-13-28)34-26-22-32(23-27-34)35(30-16-7-3-8-17-30)31-18-9-4-10-19-31/h2-14,16-27,35H,1,15H2/b14-11+. The van der Waals surface area contributed by atoms with E-state index in [-0.39, 0.29) is 16.4 Å². The van der Waals surface area contributed by atoms with E-state index in [1.165, 1.54) is 37.6 Å². The molecule has 0 aliphatic rings. The molecule has 0 N–H and O–H groups in total. The lowest BCUT2D eigenvalue weighted by Crippen LogP contribution is -2.03. The minimum atomic E-state index is -0.219. The Hall–Kier alpha value is -3.94. The van der Waals surface area contributed by atoms with Crippen LogP contribution >= 0.6 is 10.5 Å². The highest BCUT2D eigenvalue weighted by Crippen LogP contribution is 2.37. The van der Waals surface area contributed by atoms with Crippen LogP contribution in [0.1, 0.15) is 33.7 Å². The van der Waals surface area contributed by atoms with Crippen LogP contribution in [0.25, 0.3) is 6.08 Å². The molecular formula is C35H30S. The first-order valence-corrected chi connectivity index (χ1v) is 13.7. The molecule has 5 rings (SSSR count). The SMILES string of the molecule is C=S(c1ccc(C/C=C/c2ccccc2)cc1)c1ccc(C(c2ccccc2)c2ccccc2)cc1. The lowest BCUT2D eigenvalue weighted by molar-refractivity contribution is 0.974. The Morgan fingerprint density at radius 2 is 0.972 bits per heavy atom. The molecule has 0 spiro atoms. The van der Waals surface area contributed by atoms with Crippen LogP contribution in [0.2, 0.25) is 0 Å². The highest BCUT2D eigenvalue weighted by molar-refractivity contribution is 8.14. The Balaban J connectivity index is 1.31. The van der Waals surface area contributed by atoms with Gasteiger partial charge in [-0.2, -0.15) is 0 Å². The zero-order valence-electron chi connectivity index (χ0n) is 20.3. The summed E-state index contributed by atoms with van der Waals surface area (Å²) in [4.78, 5) is 2.52. The van der Waals surface area contributed by atoms with E-state index in [9.17, 15) is 0 Å². The molecule has 0 aliphatic carbocycles. The molecule has 0 saturated heterocycles. The van der Waals surface area contributed by atoms with Crippen molar-refractivity contribution in [2.75, 3.05) is 0 Å². The fourth-order valence-corrected chi connectivity index (χ4v) is 5.72. The second-order valence-corrected chi connectivity index (χ2v) is 10.6. The van der Waals surface area contributed by atoms with Gasteiger partial charge in [0, 0.05) is 15.7 Å². The molecule has 0 nitrogen and oxygen atoms in total. The molecule has 0 radical (unpaired) electrons. The van der Waals surface area contributed by atoms with Crippen molar-refractivity contribution in [1.82, 2.24) is 0 Å². The molecule has 0 aromatic heterocycles. The fraction of sp³-hybridized carbons (Fsp3) is 0.0571. The third kappa shape index (κ3) is 5.82. The van der Waals surface area contributed by atoms with Crippen molar-refractivity contribution >= 4 is 22.4 Å². The lowest BCUT2D eigenvalue weighted by atomic mass is 9.85. The Morgan fingerprint density at radius 1 is 0.528 bits per heavy atom. The molecule has 0 aliphatic heterocycles. The highest BCUT2D eigenvalue weighted by Gasteiger charge is 2.16. The first-order chi connectivity index (χ1) is 17.8. The zero-order valence-corrected chi connectivity index (χ0v) is 21.2. The summed E-state index contributed by atoms with van der Waals surface area (Å²) in [7, 11) is -0.219. The van der Waals surface area contributed by atoms with Crippen molar-refractivity contribution in [1.29, 1.82) is 0 Å². The predicted octanol–water partition coefficient (Wildman–Crippen LogP) is 9.24. The van der Waals surface area contributed by atoms with Gasteiger partial charge in [-0.1, -0.05) is 133 Å². The minimum Gasteiger partial charge on any atom is -0.131 e. The second kappa shape index (κ2) is 11.7. The van der Waals surface area contributed by atoms with Crippen LogP contribution in [0.5, 0.6) is 0 Å².